The van der Waals surface area contributed by atoms with Crippen molar-refractivity contribution >= 4 is 0 Å². The van der Waals surface area contributed by atoms with E-state index in [9.17, 15) is 0 Å². The van der Waals surface area contributed by atoms with E-state index in [0.717, 1.165) is 38.9 Å². The van der Waals surface area contributed by atoms with Gasteiger partial charge in [-0.25, -0.2) is 0 Å². The average Bonchev–Trinajstić information content (AvgIpc) is 2.09. The maximum Gasteiger partial charge on any atom is 0.0431 e. The molecule has 0 amide bonds. The molecule has 3 nitrogen and oxygen atoms in total. The fourth-order valence-corrected chi connectivity index (χ4v) is 1.30. The normalized spacial score (nSPS) is 12.0. The van der Waals surface area contributed by atoms with Crippen molar-refractivity contribution in [3.05, 3.63) is 0 Å². The molecule has 13 heavy (non-hydrogen) atoms. The quantitative estimate of drug-likeness (QED) is 0.492. The lowest BCUT2D eigenvalue weighted by atomic mass is 9.88. The first kappa shape index (κ1) is 12.9. The molecule has 0 spiro atoms. The molecule has 0 aromatic heterocycles. The van der Waals surface area contributed by atoms with Crippen molar-refractivity contribution < 1.29 is 5.11 Å². The second-order valence-corrected chi connectivity index (χ2v) is 4.31. The Labute approximate surface area is 81.7 Å². The minimum Gasteiger partial charge on any atom is -0.396 e. The molecular formula is C10H24N2O. The Kier molecular flexibility index (Phi) is 7.23. The first-order valence-electron chi connectivity index (χ1n) is 5.14. The molecule has 80 valence electrons. The number of hydrogen-bond acceptors (Lipinski definition) is 3. The smallest absolute Gasteiger partial charge is 0.0431 e. The van der Waals surface area contributed by atoms with Crippen LogP contribution in [0.5, 0.6) is 0 Å². The lowest BCUT2D eigenvalue weighted by Crippen LogP contribution is -2.31. The van der Waals surface area contributed by atoms with E-state index in [1.165, 1.54) is 0 Å². The van der Waals surface area contributed by atoms with E-state index >= 15 is 0 Å². The van der Waals surface area contributed by atoms with Crippen LogP contribution in [0.15, 0.2) is 0 Å². The molecule has 3 heteroatoms. The van der Waals surface area contributed by atoms with Gasteiger partial charge in [-0.1, -0.05) is 13.8 Å². The van der Waals surface area contributed by atoms with Gasteiger partial charge >= 0.3 is 0 Å². The standard InChI is InChI=1S/C10H24N2O/c1-10(2,5-3-8-13)9-12-7-4-6-11/h12-13H,3-9,11H2,1-2H3. The second kappa shape index (κ2) is 7.30. The lowest BCUT2D eigenvalue weighted by Gasteiger charge is -2.24. The summed E-state index contributed by atoms with van der Waals surface area (Å²) >= 11 is 0. The predicted octanol–water partition coefficient (Wildman–Crippen LogP) is 0.724. The molecule has 0 saturated heterocycles. The number of nitrogens with one attached hydrogen (secondary N) is 1. The van der Waals surface area contributed by atoms with Crippen LogP contribution in [-0.2, 0) is 0 Å². The largest absolute Gasteiger partial charge is 0.396 e. The summed E-state index contributed by atoms with van der Waals surface area (Å²) in [5, 5.41) is 12.1. The van der Waals surface area contributed by atoms with Gasteiger partial charge in [-0.3, -0.25) is 0 Å². The van der Waals surface area contributed by atoms with Crippen LogP contribution in [0.25, 0.3) is 0 Å². The third kappa shape index (κ3) is 8.22. The maximum atomic E-state index is 8.70. The van der Waals surface area contributed by atoms with Crippen LogP contribution in [0.4, 0.5) is 0 Å². The summed E-state index contributed by atoms with van der Waals surface area (Å²) in [7, 11) is 0. The molecule has 4 N–H and O–H groups in total. The van der Waals surface area contributed by atoms with E-state index in [4.69, 9.17) is 10.8 Å². The van der Waals surface area contributed by atoms with Crippen molar-refractivity contribution in [3.63, 3.8) is 0 Å². The third-order valence-electron chi connectivity index (χ3n) is 2.17. The van der Waals surface area contributed by atoms with Crippen molar-refractivity contribution in [1.29, 1.82) is 0 Å². The van der Waals surface area contributed by atoms with Gasteiger partial charge in [0.2, 0.25) is 0 Å². The Morgan fingerprint density at radius 1 is 1.31 bits per heavy atom. The van der Waals surface area contributed by atoms with Gasteiger partial charge in [0.05, 0.1) is 0 Å². The zero-order chi connectivity index (χ0) is 10.2. The Hall–Kier alpha value is -0.120. The van der Waals surface area contributed by atoms with Gasteiger partial charge in [0.1, 0.15) is 0 Å². The molecule has 0 rings (SSSR count). The molecule has 0 aliphatic carbocycles. The Balaban J connectivity index is 3.39. The summed E-state index contributed by atoms with van der Waals surface area (Å²) in [6.45, 7) is 7.50. The van der Waals surface area contributed by atoms with Crippen LogP contribution in [0, 0.1) is 5.41 Å². The van der Waals surface area contributed by atoms with Gasteiger partial charge in [0, 0.05) is 13.2 Å². The molecule has 0 aromatic carbocycles. The highest BCUT2D eigenvalue weighted by molar-refractivity contribution is 4.71. The molecular weight excluding hydrogens is 164 g/mol. The molecule has 0 heterocycles. The topological polar surface area (TPSA) is 58.3 Å². The summed E-state index contributed by atoms with van der Waals surface area (Å²) in [6, 6.07) is 0. The van der Waals surface area contributed by atoms with E-state index in [0.29, 0.717) is 6.61 Å². The van der Waals surface area contributed by atoms with Crippen LogP contribution >= 0.6 is 0 Å². The lowest BCUT2D eigenvalue weighted by molar-refractivity contribution is 0.236. The first-order chi connectivity index (χ1) is 6.12. The summed E-state index contributed by atoms with van der Waals surface area (Å²) in [5.74, 6) is 0. The van der Waals surface area contributed by atoms with Gasteiger partial charge < -0.3 is 16.2 Å². The van der Waals surface area contributed by atoms with E-state index in [-0.39, 0.29) is 5.41 Å². The first-order valence-corrected chi connectivity index (χ1v) is 5.14. The number of nitrogens with two attached hydrogens (primary N) is 1. The fourth-order valence-electron chi connectivity index (χ4n) is 1.30. The van der Waals surface area contributed by atoms with E-state index in [2.05, 4.69) is 19.2 Å². The number of rotatable bonds is 8. The molecule has 0 aromatic rings. The summed E-state index contributed by atoms with van der Waals surface area (Å²) < 4.78 is 0. The minimum atomic E-state index is 0.289. The van der Waals surface area contributed by atoms with Gasteiger partial charge in [0.25, 0.3) is 0 Å². The SMILES string of the molecule is CC(C)(CCCO)CNCCCN. The summed E-state index contributed by atoms with van der Waals surface area (Å²) in [4.78, 5) is 0. The predicted molar refractivity (Wildman–Crippen MR) is 56.6 cm³/mol. The molecule has 0 bridgehead atoms. The molecule has 0 radical (unpaired) electrons. The molecule has 0 unspecified atom stereocenters. The zero-order valence-electron chi connectivity index (χ0n) is 8.97. The van der Waals surface area contributed by atoms with Crippen LogP contribution in [0.1, 0.15) is 33.1 Å². The number of aliphatic hydroxyl groups is 1. The monoisotopic (exact) mass is 188 g/mol. The highest BCUT2D eigenvalue weighted by Crippen LogP contribution is 2.20. The Morgan fingerprint density at radius 2 is 2.00 bits per heavy atom. The van der Waals surface area contributed by atoms with Gasteiger partial charge in [-0.15, -0.1) is 0 Å². The van der Waals surface area contributed by atoms with Crippen LogP contribution in [0.3, 0.4) is 0 Å². The van der Waals surface area contributed by atoms with Gasteiger partial charge in [0.15, 0.2) is 0 Å². The van der Waals surface area contributed by atoms with Crippen molar-refractivity contribution in [2.24, 2.45) is 11.1 Å². The van der Waals surface area contributed by atoms with E-state index in [1.54, 1.807) is 0 Å². The molecule has 0 atom stereocenters. The zero-order valence-corrected chi connectivity index (χ0v) is 8.97. The number of aliphatic hydroxyl groups excluding tert-OH is 1. The van der Waals surface area contributed by atoms with Crippen molar-refractivity contribution in [3.8, 4) is 0 Å². The fraction of sp³-hybridized carbons (Fsp3) is 1.00. The molecule has 0 fully saturated rings. The average molecular weight is 188 g/mol. The van der Waals surface area contributed by atoms with Crippen molar-refractivity contribution in [2.45, 2.75) is 33.1 Å². The Morgan fingerprint density at radius 3 is 2.54 bits per heavy atom. The molecule has 0 saturated carbocycles. The van der Waals surface area contributed by atoms with Crippen molar-refractivity contribution in [2.75, 3.05) is 26.2 Å². The van der Waals surface area contributed by atoms with Gasteiger partial charge in [-0.2, -0.15) is 0 Å². The van der Waals surface area contributed by atoms with E-state index in [1.807, 2.05) is 0 Å². The second-order valence-electron chi connectivity index (χ2n) is 4.31. The minimum absolute atomic E-state index is 0.289. The Bertz CT molecular complexity index is 115. The molecule has 0 aliphatic heterocycles. The summed E-state index contributed by atoms with van der Waals surface area (Å²) in [5.41, 5.74) is 5.67. The van der Waals surface area contributed by atoms with Crippen LogP contribution in [0.2, 0.25) is 0 Å². The maximum absolute atomic E-state index is 8.70. The van der Waals surface area contributed by atoms with Gasteiger partial charge in [-0.05, 0) is 37.8 Å². The summed E-state index contributed by atoms with van der Waals surface area (Å²) in [6.07, 6.45) is 3.00. The highest BCUT2D eigenvalue weighted by atomic mass is 16.2. The highest BCUT2D eigenvalue weighted by Gasteiger charge is 2.15. The number of hydrogen-bond donors (Lipinski definition) is 3. The molecule has 0 aliphatic rings. The third-order valence-corrected chi connectivity index (χ3v) is 2.17. The van der Waals surface area contributed by atoms with Crippen molar-refractivity contribution in [1.82, 2.24) is 5.32 Å². The van der Waals surface area contributed by atoms with E-state index < -0.39 is 0 Å². The van der Waals surface area contributed by atoms with Crippen LogP contribution < -0.4 is 11.1 Å². The van der Waals surface area contributed by atoms with Crippen LogP contribution in [-0.4, -0.2) is 31.3 Å².